The standard InChI is InChI=1S/C21H22FN3O/c1-26-20-3-2-15(22)8-17(20)16-4-5-24-21-18(16)9-19(25-21)12-6-13-10-23-11-14(13)7-12/h2-5,8-9,12-14,23H,6-7,10-11H2,1H3,(H,24,25)/t12-,13-,14+. The number of nitrogens with one attached hydrogen (secondary N) is 2. The van der Waals surface area contributed by atoms with Crippen LogP contribution >= 0.6 is 0 Å². The van der Waals surface area contributed by atoms with Gasteiger partial charge in [-0.2, -0.15) is 0 Å². The Morgan fingerprint density at radius 1 is 1.08 bits per heavy atom. The maximum atomic E-state index is 13.9. The first-order chi connectivity index (χ1) is 12.7. The quantitative estimate of drug-likeness (QED) is 0.747. The van der Waals surface area contributed by atoms with E-state index in [0.717, 1.165) is 47.1 Å². The Labute approximate surface area is 151 Å². The van der Waals surface area contributed by atoms with Crippen molar-refractivity contribution >= 4 is 11.0 Å². The largest absolute Gasteiger partial charge is 0.496 e. The number of aromatic nitrogens is 2. The molecule has 26 heavy (non-hydrogen) atoms. The lowest BCUT2D eigenvalue weighted by atomic mass is 9.99. The number of rotatable bonds is 3. The molecule has 0 bridgehead atoms. The number of ether oxygens (including phenoxy) is 1. The Balaban J connectivity index is 1.58. The molecule has 5 rings (SSSR count). The number of halogens is 1. The molecule has 1 saturated carbocycles. The smallest absolute Gasteiger partial charge is 0.138 e. The number of fused-ring (bicyclic) bond motifs is 2. The zero-order valence-electron chi connectivity index (χ0n) is 14.8. The molecule has 0 unspecified atom stereocenters. The van der Waals surface area contributed by atoms with E-state index in [4.69, 9.17) is 4.74 Å². The van der Waals surface area contributed by atoms with Crippen molar-refractivity contribution in [2.45, 2.75) is 18.8 Å². The van der Waals surface area contributed by atoms with Gasteiger partial charge in [-0.25, -0.2) is 9.37 Å². The Hall–Kier alpha value is -2.40. The van der Waals surface area contributed by atoms with E-state index in [1.165, 1.54) is 30.7 Å². The third-order valence-electron chi connectivity index (χ3n) is 6.10. The van der Waals surface area contributed by atoms with Crippen molar-refractivity contribution in [2.75, 3.05) is 20.2 Å². The van der Waals surface area contributed by atoms with Crippen molar-refractivity contribution in [2.24, 2.45) is 11.8 Å². The van der Waals surface area contributed by atoms with Gasteiger partial charge in [0.1, 0.15) is 17.2 Å². The summed E-state index contributed by atoms with van der Waals surface area (Å²) >= 11 is 0. The van der Waals surface area contributed by atoms with Crippen LogP contribution < -0.4 is 10.1 Å². The second-order valence-electron chi connectivity index (χ2n) is 7.54. The van der Waals surface area contributed by atoms with Crippen molar-refractivity contribution in [1.82, 2.24) is 15.3 Å². The highest BCUT2D eigenvalue weighted by atomic mass is 19.1. The van der Waals surface area contributed by atoms with Gasteiger partial charge in [-0.05, 0) is 79.6 Å². The van der Waals surface area contributed by atoms with E-state index >= 15 is 0 Å². The molecule has 134 valence electrons. The fraction of sp³-hybridized carbons (Fsp3) is 0.381. The van der Waals surface area contributed by atoms with Gasteiger partial charge in [-0.1, -0.05) is 0 Å². The van der Waals surface area contributed by atoms with Gasteiger partial charge < -0.3 is 15.0 Å². The van der Waals surface area contributed by atoms with Crippen LogP contribution in [0.2, 0.25) is 0 Å². The number of benzene rings is 1. The first-order valence-corrected chi connectivity index (χ1v) is 9.25. The minimum absolute atomic E-state index is 0.266. The minimum Gasteiger partial charge on any atom is -0.496 e. The van der Waals surface area contributed by atoms with Crippen LogP contribution in [0.25, 0.3) is 22.2 Å². The minimum atomic E-state index is -0.266. The van der Waals surface area contributed by atoms with E-state index < -0.39 is 0 Å². The summed E-state index contributed by atoms with van der Waals surface area (Å²) in [5.41, 5.74) is 3.83. The zero-order chi connectivity index (χ0) is 17.7. The normalized spacial score (nSPS) is 24.9. The molecule has 3 aromatic rings. The van der Waals surface area contributed by atoms with Gasteiger partial charge in [0, 0.05) is 22.8 Å². The van der Waals surface area contributed by atoms with Crippen molar-refractivity contribution < 1.29 is 9.13 Å². The number of H-pyrrole nitrogens is 1. The van der Waals surface area contributed by atoms with Crippen LogP contribution in [0.1, 0.15) is 24.5 Å². The predicted octanol–water partition coefficient (Wildman–Crippen LogP) is 4.09. The molecule has 2 fully saturated rings. The van der Waals surface area contributed by atoms with E-state index in [1.54, 1.807) is 19.4 Å². The van der Waals surface area contributed by atoms with Crippen molar-refractivity contribution in [3.63, 3.8) is 0 Å². The number of hydrogen-bond acceptors (Lipinski definition) is 3. The van der Waals surface area contributed by atoms with Gasteiger partial charge in [-0.3, -0.25) is 0 Å². The molecule has 0 amide bonds. The van der Waals surface area contributed by atoms with Crippen LogP contribution in [0.4, 0.5) is 4.39 Å². The van der Waals surface area contributed by atoms with Crippen LogP contribution in [0.15, 0.2) is 36.5 Å². The lowest BCUT2D eigenvalue weighted by molar-refractivity contribution is 0.415. The number of nitrogens with zero attached hydrogens (tertiary/aromatic N) is 1. The summed E-state index contributed by atoms with van der Waals surface area (Å²) in [6.45, 7) is 2.29. The van der Waals surface area contributed by atoms with E-state index in [0.29, 0.717) is 11.7 Å². The molecule has 3 atom stereocenters. The first-order valence-electron chi connectivity index (χ1n) is 9.25. The van der Waals surface area contributed by atoms with Gasteiger partial charge in [0.05, 0.1) is 7.11 Å². The lowest BCUT2D eigenvalue weighted by Crippen LogP contribution is -2.11. The molecule has 2 aliphatic rings. The summed E-state index contributed by atoms with van der Waals surface area (Å²) in [5, 5.41) is 4.53. The summed E-state index contributed by atoms with van der Waals surface area (Å²) in [7, 11) is 1.61. The highest BCUT2D eigenvalue weighted by Gasteiger charge is 2.38. The lowest BCUT2D eigenvalue weighted by Gasteiger charge is -2.09. The molecule has 5 heteroatoms. The monoisotopic (exact) mass is 351 g/mol. The number of pyridine rings is 1. The van der Waals surface area contributed by atoms with Crippen molar-refractivity contribution in [3.05, 3.63) is 48.0 Å². The number of aromatic amines is 1. The second-order valence-corrected chi connectivity index (χ2v) is 7.54. The van der Waals surface area contributed by atoms with E-state index in [2.05, 4.69) is 21.4 Å². The SMILES string of the molecule is COc1ccc(F)cc1-c1ccnc2[nH]c([C@H]3C[C@H]4CNC[C@H]4C3)cc12. The first kappa shape index (κ1) is 15.8. The van der Waals surface area contributed by atoms with Gasteiger partial charge in [-0.15, -0.1) is 0 Å². The van der Waals surface area contributed by atoms with Gasteiger partial charge in [0.2, 0.25) is 0 Å². The van der Waals surface area contributed by atoms with Gasteiger partial charge in [0.25, 0.3) is 0 Å². The molecule has 1 saturated heterocycles. The van der Waals surface area contributed by atoms with Crippen LogP contribution in [0.5, 0.6) is 5.75 Å². The Bertz CT molecular complexity index is 955. The van der Waals surface area contributed by atoms with Gasteiger partial charge in [0.15, 0.2) is 0 Å². The molecular formula is C21H22FN3O. The van der Waals surface area contributed by atoms with Crippen LogP contribution in [0, 0.1) is 17.7 Å². The molecule has 1 aliphatic heterocycles. The molecular weight excluding hydrogens is 329 g/mol. The summed E-state index contributed by atoms with van der Waals surface area (Å²) < 4.78 is 19.3. The summed E-state index contributed by atoms with van der Waals surface area (Å²) in [6.07, 6.45) is 4.22. The van der Waals surface area contributed by atoms with E-state index in [1.807, 2.05) is 6.07 Å². The number of hydrogen-bond donors (Lipinski definition) is 2. The molecule has 0 spiro atoms. The molecule has 3 heterocycles. The topological polar surface area (TPSA) is 49.9 Å². The zero-order valence-corrected chi connectivity index (χ0v) is 14.8. The molecule has 1 aromatic carbocycles. The van der Waals surface area contributed by atoms with Gasteiger partial charge >= 0.3 is 0 Å². The molecule has 2 aromatic heterocycles. The fourth-order valence-electron chi connectivity index (χ4n) is 4.81. The summed E-state index contributed by atoms with van der Waals surface area (Å²) in [4.78, 5) is 8.03. The Morgan fingerprint density at radius 2 is 1.88 bits per heavy atom. The van der Waals surface area contributed by atoms with Crippen molar-refractivity contribution in [3.8, 4) is 16.9 Å². The van der Waals surface area contributed by atoms with E-state index in [-0.39, 0.29) is 5.82 Å². The number of methoxy groups -OCH3 is 1. The molecule has 4 nitrogen and oxygen atoms in total. The third-order valence-corrected chi connectivity index (χ3v) is 6.10. The van der Waals surface area contributed by atoms with Crippen molar-refractivity contribution in [1.29, 1.82) is 0 Å². The van der Waals surface area contributed by atoms with Crippen LogP contribution in [-0.4, -0.2) is 30.2 Å². The Morgan fingerprint density at radius 3 is 2.65 bits per heavy atom. The second kappa shape index (κ2) is 6.09. The highest BCUT2D eigenvalue weighted by Crippen LogP contribution is 2.45. The van der Waals surface area contributed by atoms with E-state index in [9.17, 15) is 4.39 Å². The average Bonchev–Trinajstić information content (AvgIpc) is 3.34. The third kappa shape index (κ3) is 2.50. The maximum Gasteiger partial charge on any atom is 0.138 e. The molecule has 1 aliphatic carbocycles. The molecule has 0 radical (unpaired) electrons. The maximum absolute atomic E-state index is 13.9. The summed E-state index contributed by atoms with van der Waals surface area (Å²) in [6, 6.07) is 8.78. The highest BCUT2D eigenvalue weighted by molar-refractivity contribution is 5.95. The predicted molar refractivity (Wildman–Crippen MR) is 99.9 cm³/mol. The van der Waals surface area contributed by atoms with Crippen LogP contribution in [0.3, 0.4) is 0 Å². The average molecular weight is 351 g/mol. The fourth-order valence-corrected chi connectivity index (χ4v) is 4.81. The summed E-state index contributed by atoms with van der Waals surface area (Å²) in [5.74, 6) is 2.55. The molecule has 2 N–H and O–H groups in total. The van der Waals surface area contributed by atoms with Crippen LogP contribution in [-0.2, 0) is 0 Å². The Kier molecular flexibility index (Phi) is 3.71.